The summed E-state index contributed by atoms with van der Waals surface area (Å²) >= 11 is 1.53. The van der Waals surface area contributed by atoms with E-state index in [4.69, 9.17) is 9.72 Å². The molecule has 4 aromatic rings. The number of hydrogen-bond acceptors (Lipinski definition) is 7. The van der Waals surface area contributed by atoms with Crippen molar-refractivity contribution < 1.29 is 9.53 Å². The summed E-state index contributed by atoms with van der Waals surface area (Å²) in [4.78, 5) is 38.8. The lowest BCUT2D eigenvalue weighted by Crippen LogP contribution is -2.44. The average molecular weight is 439 g/mol. The van der Waals surface area contributed by atoms with Crippen molar-refractivity contribution in [1.29, 1.82) is 0 Å². The Morgan fingerprint density at radius 1 is 1.23 bits per heavy atom. The van der Waals surface area contributed by atoms with E-state index in [1.807, 2.05) is 19.1 Å². The Hall–Kier alpha value is -3.11. The van der Waals surface area contributed by atoms with E-state index in [0.717, 1.165) is 32.6 Å². The third-order valence-electron chi connectivity index (χ3n) is 5.63. The molecule has 1 aliphatic rings. The largest absolute Gasteiger partial charge is 0.378 e. The van der Waals surface area contributed by atoms with Crippen LogP contribution in [0.3, 0.4) is 0 Å². The zero-order chi connectivity index (χ0) is 21.5. The van der Waals surface area contributed by atoms with Gasteiger partial charge in [0.05, 0.1) is 18.6 Å². The third-order valence-corrected chi connectivity index (χ3v) is 6.80. The summed E-state index contributed by atoms with van der Waals surface area (Å²) in [6, 6.07) is 3.62. The number of aromatic nitrogens is 5. The van der Waals surface area contributed by atoms with Gasteiger partial charge >= 0.3 is 5.69 Å². The van der Waals surface area contributed by atoms with Crippen LogP contribution in [0.15, 0.2) is 29.3 Å². The van der Waals surface area contributed by atoms with Crippen molar-refractivity contribution in [2.75, 3.05) is 26.3 Å². The zero-order valence-corrected chi connectivity index (χ0v) is 18.2. The van der Waals surface area contributed by atoms with Crippen LogP contribution in [0.4, 0.5) is 0 Å². The highest BCUT2D eigenvalue weighted by Crippen LogP contribution is 2.33. The number of ether oxygens (including phenoxy) is 1. The molecule has 0 N–H and O–H groups in total. The topological polar surface area (TPSA) is 94.6 Å². The molecule has 0 saturated carbocycles. The molecule has 0 radical (unpaired) electrons. The van der Waals surface area contributed by atoms with E-state index in [1.54, 1.807) is 21.9 Å². The molecule has 1 fully saturated rings. The Morgan fingerprint density at radius 2 is 1.97 bits per heavy atom. The summed E-state index contributed by atoms with van der Waals surface area (Å²) in [5.74, 6) is 0.369. The first-order chi connectivity index (χ1) is 15.1. The normalized spacial score (nSPS) is 14.6. The van der Waals surface area contributed by atoms with Crippen molar-refractivity contribution in [2.45, 2.75) is 26.8 Å². The van der Waals surface area contributed by atoms with Crippen molar-refractivity contribution in [1.82, 2.24) is 29.0 Å². The monoisotopic (exact) mass is 438 g/mol. The summed E-state index contributed by atoms with van der Waals surface area (Å²) in [6.07, 6.45) is 4.14. The molecule has 0 unspecified atom stereocenters. The van der Waals surface area contributed by atoms with E-state index in [0.29, 0.717) is 37.8 Å². The number of pyridine rings is 1. The molecule has 5 heterocycles. The summed E-state index contributed by atoms with van der Waals surface area (Å²) in [6.45, 7) is 6.21. The second-order valence-electron chi connectivity index (χ2n) is 7.44. The first kappa shape index (κ1) is 19.8. The maximum Gasteiger partial charge on any atom is 0.352 e. The number of thiophene rings is 1. The number of rotatable bonds is 4. The van der Waals surface area contributed by atoms with Gasteiger partial charge in [-0.1, -0.05) is 6.92 Å². The molecule has 4 aromatic heterocycles. The first-order valence-electron chi connectivity index (χ1n) is 10.3. The molecule has 0 bridgehead atoms. The van der Waals surface area contributed by atoms with Gasteiger partial charge in [-0.05, 0) is 31.0 Å². The number of aryl methyl sites for hydroxylation is 2. The fraction of sp³-hybridized carbons (Fsp3) is 0.381. The molecular formula is C21H22N6O3S. The molecule has 9 nitrogen and oxygen atoms in total. The van der Waals surface area contributed by atoms with E-state index in [2.05, 4.69) is 17.0 Å². The minimum Gasteiger partial charge on any atom is -0.378 e. The minimum atomic E-state index is -0.360. The number of carbonyl (C=O) groups excluding carboxylic acids is 1. The zero-order valence-electron chi connectivity index (χ0n) is 17.4. The number of fused-ring (bicyclic) bond motifs is 3. The van der Waals surface area contributed by atoms with Gasteiger partial charge in [0.15, 0.2) is 11.5 Å². The second kappa shape index (κ2) is 7.86. The first-order valence-corrected chi connectivity index (χ1v) is 11.1. The van der Waals surface area contributed by atoms with Gasteiger partial charge in [-0.2, -0.15) is 4.52 Å². The van der Waals surface area contributed by atoms with Gasteiger partial charge in [0.25, 0.3) is 0 Å². The molecule has 5 rings (SSSR count). The second-order valence-corrected chi connectivity index (χ2v) is 8.64. The predicted octanol–water partition coefficient (Wildman–Crippen LogP) is 1.90. The molecule has 31 heavy (non-hydrogen) atoms. The van der Waals surface area contributed by atoms with Crippen LogP contribution in [0.2, 0.25) is 0 Å². The standard InChI is InChI=1S/C21H22N6O3S/c1-3-15-13(2)31-20-17(15)19-23-18(14-4-6-22-7-5-14)24-27(19)21(29)26(20)12-16(28)25-8-10-30-11-9-25/h4-7H,3,8-12H2,1-2H3. The lowest BCUT2D eigenvalue weighted by molar-refractivity contribution is -0.135. The van der Waals surface area contributed by atoms with Gasteiger partial charge in [0.1, 0.15) is 11.4 Å². The molecule has 0 atom stereocenters. The van der Waals surface area contributed by atoms with E-state index < -0.39 is 0 Å². The molecule has 0 spiro atoms. The maximum atomic E-state index is 13.4. The van der Waals surface area contributed by atoms with Crippen LogP contribution in [-0.4, -0.2) is 61.3 Å². The number of nitrogens with zero attached hydrogens (tertiary/aromatic N) is 6. The van der Waals surface area contributed by atoms with Gasteiger partial charge in [0, 0.05) is 35.9 Å². The predicted molar refractivity (Wildman–Crippen MR) is 117 cm³/mol. The lowest BCUT2D eigenvalue weighted by Gasteiger charge is -2.27. The van der Waals surface area contributed by atoms with Crippen LogP contribution in [-0.2, 0) is 22.5 Å². The molecule has 1 aliphatic heterocycles. The van der Waals surface area contributed by atoms with Gasteiger partial charge in [-0.15, -0.1) is 16.4 Å². The quantitative estimate of drug-likeness (QED) is 0.483. The molecule has 0 aromatic carbocycles. The van der Waals surface area contributed by atoms with Crippen molar-refractivity contribution in [2.24, 2.45) is 0 Å². The Kier molecular flexibility index (Phi) is 5.03. The van der Waals surface area contributed by atoms with Crippen LogP contribution in [0.1, 0.15) is 17.4 Å². The third kappa shape index (κ3) is 3.31. The molecule has 0 aliphatic carbocycles. The van der Waals surface area contributed by atoms with Crippen LogP contribution in [0, 0.1) is 6.92 Å². The van der Waals surface area contributed by atoms with Crippen LogP contribution < -0.4 is 5.69 Å². The average Bonchev–Trinajstić information content (AvgIpc) is 3.39. The summed E-state index contributed by atoms with van der Waals surface area (Å²) in [5, 5.41) is 5.40. The number of morpholine rings is 1. The van der Waals surface area contributed by atoms with Gasteiger partial charge < -0.3 is 9.64 Å². The van der Waals surface area contributed by atoms with E-state index in [9.17, 15) is 9.59 Å². The highest BCUT2D eigenvalue weighted by molar-refractivity contribution is 7.19. The smallest absolute Gasteiger partial charge is 0.352 e. The summed E-state index contributed by atoms with van der Waals surface area (Å²) in [5.41, 5.74) is 2.09. The van der Waals surface area contributed by atoms with Crippen molar-refractivity contribution in [3.8, 4) is 11.4 Å². The fourth-order valence-electron chi connectivity index (χ4n) is 4.03. The Morgan fingerprint density at radius 3 is 2.68 bits per heavy atom. The van der Waals surface area contributed by atoms with Crippen LogP contribution >= 0.6 is 11.3 Å². The molecule has 1 saturated heterocycles. The van der Waals surface area contributed by atoms with Crippen LogP contribution in [0.5, 0.6) is 0 Å². The van der Waals surface area contributed by atoms with Crippen molar-refractivity contribution in [3.63, 3.8) is 0 Å². The van der Waals surface area contributed by atoms with Crippen molar-refractivity contribution >= 4 is 33.1 Å². The Bertz CT molecular complexity index is 1330. The highest BCUT2D eigenvalue weighted by atomic mass is 32.1. The molecule has 1 amide bonds. The van der Waals surface area contributed by atoms with E-state index in [-0.39, 0.29) is 18.1 Å². The van der Waals surface area contributed by atoms with Gasteiger partial charge in [-0.25, -0.2) is 9.78 Å². The maximum absolute atomic E-state index is 13.4. The van der Waals surface area contributed by atoms with Crippen molar-refractivity contribution in [3.05, 3.63) is 45.5 Å². The van der Waals surface area contributed by atoms with Gasteiger partial charge in [0.2, 0.25) is 5.91 Å². The van der Waals surface area contributed by atoms with E-state index in [1.165, 1.54) is 15.9 Å². The van der Waals surface area contributed by atoms with Crippen LogP contribution in [0.25, 0.3) is 27.3 Å². The fourth-order valence-corrected chi connectivity index (χ4v) is 5.26. The lowest BCUT2D eigenvalue weighted by atomic mass is 10.1. The Labute approximate surface area is 181 Å². The number of carbonyl (C=O) groups is 1. The SMILES string of the molecule is CCc1c(C)sc2c1c1nc(-c3ccncc3)nn1c(=O)n2CC(=O)N1CCOCC1. The Balaban J connectivity index is 1.72. The minimum absolute atomic E-state index is 0.0289. The molecule has 160 valence electrons. The number of hydrogen-bond donors (Lipinski definition) is 0. The molecular weight excluding hydrogens is 416 g/mol. The highest BCUT2D eigenvalue weighted by Gasteiger charge is 2.24. The van der Waals surface area contributed by atoms with E-state index >= 15 is 0 Å². The van der Waals surface area contributed by atoms with Gasteiger partial charge in [-0.3, -0.25) is 14.3 Å². The summed E-state index contributed by atoms with van der Waals surface area (Å²) in [7, 11) is 0. The summed E-state index contributed by atoms with van der Waals surface area (Å²) < 4.78 is 8.22. The molecule has 10 heteroatoms. The number of amides is 1.